The second kappa shape index (κ2) is 27.4. The van der Waals surface area contributed by atoms with Crippen LogP contribution in [0.5, 0.6) is 11.5 Å². The van der Waals surface area contributed by atoms with Gasteiger partial charge < -0.3 is 28.6 Å². The summed E-state index contributed by atoms with van der Waals surface area (Å²) in [6.07, 6.45) is 6.34. The molecule has 2 aliphatic heterocycles. The van der Waals surface area contributed by atoms with E-state index in [9.17, 15) is 28.4 Å². The largest absolute Gasteiger partial charge is 0.493 e. The number of benzene rings is 4. The SMILES string of the molecule is CC(CCC(=O)NC=O)N1Cc2c(OCC=O)cccc2C1=O.CC1=C(c2c(Cl)ccc3c(CCCOc4cccc5cc(F)ccc45)c(C(=O)OC(C)(C)C)n(CCC(C)C)c23)C(C)=[N+]1C.CCCN(C)CCC. The van der Waals surface area contributed by atoms with Crippen LogP contribution < -0.4 is 14.8 Å². The van der Waals surface area contributed by atoms with E-state index >= 15 is 0 Å². The fourth-order valence-electron chi connectivity index (χ4n) is 9.54. The number of fused-ring (bicyclic) bond motifs is 3. The molecule has 1 unspecified atom stereocenters. The molecule has 0 spiro atoms. The van der Waals surface area contributed by atoms with Crippen LogP contribution in [0.15, 0.2) is 72.4 Å². The zero-order chi connectivity index (χ0) is 55.1. The number of nitrogens with zero attached hydrogens (tertiary/aromatic N) is 4. The van der Waals surface area contributed by atoms with Crippen LogP contribution in [-0.2, 0) is 38.6 Å². The number of esters is 1. The van der Waals surface area contributed by atoms with Crippen LogP contribution >= 0.6 is 11.6 Å². The summed E-state index contributed by atoms with van der Waals surface area (Å²) in [6.45, 7) is 24.5. The highest BCUT2D eigenvalue weighted by Crippen LogP contribution is 2.42. The number of aromatic nitrogens is 1. The van der Waals surface area contributed by atoms with Crippen molar-refractivity contribution in [1.29, 1.82) is 0 Å². The lowest BCUT2D eigenvalue weighted by Crippen LogP contribution is -2.34. The molecule has 0 aliphatic carbocycles. The Bertz CT molecular complexity index is 2910. The summed E-state index contributed by atoms with van der Waals surface area (Å²) >= 11 is 6.98. The van der Waals surface area contributed by atoms with Gasteiger partial charge in [-0.3, -0.25) is 24.5 Å². The van der Waals surface area contributed by atoms with Gasteiger partial charge >= 0.3 is 5.97 Å². The van der Waals surface area contributed by atoms with Gasteiger partial charge in [-0.25, -0.2) is 13.8 Å². The zero-order valence-electron chi connectivity index (χ0n) is 46.2. The number of carbonyl (C=O) groups excluding carboxylic acids is 5. The number of carbonyl (C=O) groups is 5. The summed E-state index contributed by atoms with van der Waals surface area (Å²) in [5, 5.41) is 5.42. The fourth-order valence-corrected chi connectivity index (χ4v) is 9.79. The number of ether oxygens (including phenoxy) is 3. The molecule has 1 aromatic heterocycles. The number of allylic oxidation sites excluding steroid dienone is 2. The van der Waals surface area contributed by atoms with Crippen molar-refractivity contribution in [2.24, 2.45) is 5.92 Å². The number of amides is 3. The first kappa shape index (κ1) is 59.5. The number of rotatable bonds is 22. The van der Waals surface area contributed by atoms with Crippen LogP contribution in [0.25, 0.3) is 27.2 Å². The molecule has 2 aliphatic rings. The van der Waals surface area contributed by atoms with Crippen molar-refractivity contribution in [2.75, 3.05) is 40.4 Å². The third kappa shape index (κ3) is 15.2. The van der Waals surface area contributed by atoms with E-state index in [0.29, 0.717) is 85.4 Å². The molecule has 0 saturated heterocycles. The van der Waals surface area contributed by atoms with Gasteiger partial charge in [-0.2, -0.15) is 0 Å². The van der Waals surface area contributed by atoms with Gasteiger partial charge in [0.25, 0.3) is 5.91 Å². The van der Waals surface area contributed by atoms with Gasteiger partial charge in [0.1, 0.15) is 47.8 Å². The Morgan fingerprint density at radius 1 is 0.933 bits per heavy atom. The van der Waals surface area contributed by atoms with E-state index in [-0.39, 0.29) is 42.7 Å². The molecular weight excluding hydrogens is 973 g/mol. The van der Waals surface area contributed by atoms with Crippen molar-refractivity contribution in [3.8, 4) is 11.5 Å². The van der Waals surface area contributed by atoms with Gasteiger partial charge in [-0.1, -0.05) is 63.6 Å². The van der Waals surface area contributed by atoms with E-state index < -0.39 is 5.60 Å². The Morgan fingerprint density at radius 2 is 1.61 bits per heavy atom. The van der Waals surface area contributed by atoms with Crippen LogP contribution in [0.2, 0.25) is 5.02 Å². The number of hydrogen-bond donors (Lipinski definition) is 1. The summed E-state index contributed by atoms with van der Waals surface area (Å²) in [5.74, 6) is 0.582. The summed E-state index contributed by atoms with van der Waals surface area (Å²) in [5.41, 5.74) is 7.57. The molecule has 0 fully saturated rings. The topological polar surface area (TPSA) is 139 Å². The number of aryl methyl sites for hydroxylation is 2. The minimum Gasteiger partial charge on any atom is -0.493 e. The number of halogens is 2. The molecule has 3 heterocycles. The lowest BCUT2D eigenvalue weighted by molar-refractivity contribution is -0.451. The second-order valence-electron chi connectivity index (χ2n) is 20.7. The van der Waals surface area contributed by atoms with E-state index in [1.54, 1.807) is 29.2 Å². The maximum absolute atomic E-state index is 14.0. The Hall–Kier alpha value is -6.38. The van der Waals surface area contributed by atoms with Gasteiger partial charge in [0, 0.05) is 60.3 Å². The molecule has 3 amide bonds. The monoisotopic (exact) mass is 1050 g/mol. The normalized spacial score (nSPS) is 13.5. The summed E-state index contributed by atoms with van der Waals surface area (Å²) in [7, 11) is 4.23. The van der Waals surface area contributed by atoms with E-state index in [1.807, 2.05) is 58.0 Å². The molecule has 4 aromatic carbocycles. The Balaban J connectivity index is 0.000000278. The average molecular weight is 1050 g/mol. The van der Waals surface area contributed by atoms with Crippen molar-refractivity contribution in [2.45, 2.75) is 139 Å². The molecule has 13 nitrogen and oxygen atoms in total. The molecular formula is C60H78ClFN5O8+. The van der Waals surface area contributed by atoms with Crippen molar-refractivity contribution in [3.63, 3.8) is 0 Å². The van der Waals surface area contributed by atoms with Gasteiger partial charge in [-0.05, 0) is 146 Å². The number of nitrogens with one attached hydrogen (secondary N) is 1. The first-order chi connectivity index (χ1) is 35.7. The van der Waals surface area contributed by atoms with Crippen LogP contribution in [-0.4, -0.2) is 107 Å². The molecule has 404 valence electrons. The molecule has 15 heteroatoms. The standard InChI is InChI=1S/C37H43ClFN2O3.C16H18N2O5.C7H17N/c1-22(2)18-19-41-34-29(16-17-30(38)33(34)32-23(3)40(8)24(32)4)28(35(41)36(42)44-37(5,6)7)12-10-20-43-31-13-9-11-25-21-26(39)14-15-27(25)31;1-11(5-6-15(21)17-10-20)18-9-13-12(16(18)22)3-2-4-14(13)23-8-7-19;1-4-6-8(3)7-5-2/h9,11,13-17,21-22H,10,12,18-20H2,1-8H3;2-4,7,10-11H,5-6,8-9H2,1H3,(H,17,20,21);4-7H2,1-3H3/q+1;;. The third-order valence-electron chi connectivity index (χ3n) is 13.4. The first-order valence-electron chi connectivity index (χ1n) is 26.2. The smallest absolute Gasteiger partial charge is 0.355 e. The van der Waals surface area contributed by atoms with Crippen LogP contribution in [0.3, 0.4) is 0 Å². The number of imide groups is 1. The maximum atomic E-state index is 14.0. The summed E-state index contributed by atoms with van der Waals surface area (Å²) < 4.78 is 35.7. The summed E-state index contributed by atoms with van der Waals surface area (Å²) in [4.78, 5) is 62.5. The minimum absolute atomic E-state index is 0.0634. The molecule has 5 aromatic rings. The van der Waals surface area contributed by atoms with E-state index in [4.69, 9.17) is 25.8 Å². The number of hydrogen-bond acceptors (Lipinski definition) is 9. The fraction of sp³-hybridized carbons (Fsp3) is 0.467. The molecule has 0 radical (unpaired) electrons. The Morgan fingerprint density at radius 3 is 2.25 bits per heavy atom. The molecule has 7 rings (SSSR count). The van der Waals surface area contributed by atoms with E-state index in [1.165, 1.54) is 38.1 Å². The van der Waals surface area contributed by atoms with E-state index in [0.717, 1.165) is 61.8 Å². The lowest BCUT2D eigenvalue weighted by Gasteiger charge is -2.24. The average Bonchev–Trinajstić information content (AvgIpc) is 3.88. The highest BCUT2D eigenvalue weighted by molar-refractivity contribution is 6.38. The Kier molecular flexibility index (Phi) is 21.8. The minimum atomic E-state index is -0.648. The molecule has 0 saturated carbocycles. The third-order valence-corrected chi connectivity index (χ3v) is 13.7. The van der Waals surface area contributed by atoms with Gasteiger partial charge in [0.2, 0.25) is 12.3 Å². The maximum Gasteiger partial charge on any atom is 0.355 e. The Labute approximate surface area is 448 Å². The molecule has 0 bridgehead atoms. The van der Waals surface area contributed by atoms with Gasteiger partial charge in [0.15, 0.2) is 17.7 Å². The van der Waals surface area contributed by atoms with Crippen molar-refractivity contribution < 1.29 is 47.1 Å². The number of aldehydes is 1. The summed E-state index contributed by atoms with van der Waals surface area (Å²) in [6, 6.07) is 19.4. The van der Waals surface area contributed by atoms with Crippen molar-refractivity contribution >= 4 is 75.0 Å². The lowest BCUT2D eigenvalue weighted by atomic mass is 9.92. The predicted octanol–water partition coefficient (Wildman–Crippen LogP) is 11.8. The second-order valence-corrected chi connectivity index (χ2v) is 21.1. The molecule has 1 N–H and O–H groups in total. The van der Waals surface area contributed by atoms with E-state index in [2.05, 4.69) is 75.0 Å². The highest BCUT2D eigenvalue weighted by atomic mass is 35.5. The zero-order valence-corrected chi connectivity index (χ0v) is 46.9. The van der Waals surface area contributed by atoms with Crippen LogP contribution in [0.1, 0.15) is 145 Å². The molecule has 1 atom stereocenters. The van der Waals surface area contributed by atoms with Crippen LogP contribution in [0, 0.1) is 11.7 Å². The quantitative estimate of drug-likeness (QED) is 0.0310. The first-order valence-corrected chi connectivity index (χ1v) is 26.6. The molecule has 75 heavy (non-hydrogen) atoms. The van der Waals surface area contributed by atoms with Crippen molar-refractivity contribution in [1.82, 2.24) is 19.7 Å². The van der Waals surface area contributed by atoms with Crippen LogP contribution in [0.4, 0.5) is 4.39 Å². The van der Waals surface area contributed by atoms with Gasteiger partial charge in [-0.15, -0.1) is 0 Å². The predicted molar refractivity (Wildman–Crippen MR) is 298 cm³/mol. The van der Waals surface area contributed by atoms with Crippen molar-refractivity contribution in [3.05, 3.63) is 111 Å². The highest BCUT2D eigenvalue weighted by Gasteiger charge is 2.37. The van der Waals surface area contributed by atoms with Gasteiger partial charge in [0.05, 0.1) is 23.7 Å².